The second kappa shape index (κ2) is 7.47. The zero-order valence-corrected chi connectivity index (χ0v) is 15.7. The molecule has 0 bridgehead atoms. The summed E-state index contributed by atoms with van der Waals surface area (Å²) in [5.41, 5.74) is 0.175. The molecule has 1 aliphatic heterocycles. The van der Waals surface area contributed by atoms with Crippen molar-refractivity contribution in [1.29, 1.82) is 0 Å². The molecule has 0 saturated heterocycles. The second-order valence-electron chi connectivity index (χ2n) is 6.72. The molecule has 7 nitrogen and oxygen atoms in total. The van der Waals surface area contributed by atoms with Gasteiger partial charge in [-0.15, -0.1) is 0 Å². The summed E-state index contributed by atoms with van der Waals surface area (Å²) in [6.07, 6.45) is -3.63. The Hall–Kier alpha value is -3.37. The molecule has 30 heavy (non-hydrogen) atoms. The molecule has 158 valence electrons. The lowest BCUT2D eigenvalue weighted by molar-refractivity contribution is -0.172. The van der Waals surface area contributed by atoms with Crippen molar-refractivity contribution in [1.82, 2.24) is 14.9 Å². The SMILES string of the molecule is Cc1onc(C(=O)N2CCC(C(F)(F)F)n3nccc32)c1COc1ccccc1F. The molecule has 0 spiro atoms. The molecule has 3 heterocycles. The Balaban J connectivity index is 1.60. The quantitative estimate of drug-likeness (QED) is 0.591. The van der Waals surface area contributed by atoms with Crippen molar-refractivity contribution in [3.05, 3.63) is 59.4 Å². The Morgan fingerprint density at radius 2 is 2.07 bits per heavy atom. The highest BCUT2D eigenvalue weighted by atomic mass is 19.4. The van der Waals surface area contributed by atoms with Gasteiger partial charge in [0, 0.05) is 12.6 Å². The fraction of sp³-hybridized carbons (Fsp3) is 0.316. The van der Waals surface area contributed by atoms with E-state index in [1.807, 2.05) is 0 Å². The minimum Gasteiger partial charge on any atom is -0.486 e. The van der Waals surface area contributed by atoms with E-state index in [-0.39, 0.29) is 48.2 Å². The summed E-state index contributed by atoms with van der Waals surface area (Å²) in [7, 11) is 0. The van der Waals surface area contributed by atoms with Crippen LogP contribution in [0.15, 0.2) is 41.1 Å². The number of amides is 1. The number of rotatable bonds is 4. The first-order chi connectivity index (χ1) is 14.3. The van der Waals surface area contributed by atoms with E-state index in [0.717, 1.165) is 4.68 Å². The molecule has 3 aromatic rings. The molecule has 1 amide bonds. The van der Waals surface area contributed by atoms with E-state index in [4.69, 9.17) is 9.26 Å². The Bertz CT molecular complexity index is 1080. The third-order valence-corrected chi connectivity index (χ3v) is 4.87. The second-order valence-corrected chi connectivity index (χ2v) is 6.72. The summed E-state index contributed by atoms with van der Waals surface area (Å²) >= 11 is 0. The summed E-state index contributed by atoms with van der Waals surface area (Å²) in [5.74, 6) is -0.942. The lowest BCUT2D eigenvalue weighted by Gasteiger charge is -2.33. The number of fused-ring (bicyclic) bond motifs is 1. The monoisotopic (exact) mass is 424 g/mol. The number of benzene rings is 1. The summed E-state index contributed by atoms with van der Waals surface area (Å²) in [6.45, 7) is 1.19. The van der Waals surface area contributed by atoms with Crippen LogP contribution in [0.1, 0.15) is 34.3 Å². The fourth-order valence-corrected chi connectivity index (χ4v) is 3.33. The van der Waals surface area contributed by atoms with Crippen molar-refractivity contribution in [3.63, 3.8) is 0 Å². The Labute approximate surface area is 167 Å². The molecule has 1 atom stereocenters. The number of ether oxygens (including phenoxy) is 1. The lowest BCUT2D eigenvalue weighted by Crippen LogP contribution is -2.43. The van der Waals surface area contributed by atoms with Gasteiger partial charge in [0.15, 0.2) is 23.3 Å². The predicted octanol–water partition coefficient (Wildman–Crippen LogP) is 4.05. The molecule has 11 heteroatoms. The van der Waals surface area contributed by atoms with Crippen LogP contribution >= 0.6 is 0 Å². The molecule has 0 radical (unpaired) electrons. The number of alkyl halides is 3. The zero-order chi connectivity index (χ0) is 21.5. The largest absolute Gasteiger partial charge is 0.486 e. The molecule has 0 aliphatic carbocycles. The van der Waals surface area contributed by atoms with Gasteiger partial charge in [0.1, 0.15) is 18.2 Å². The molecule has 1 aromatic carbocycles. The van der Waals surface area contributed by atoms with Crippen molar-refractivity contribution in [2.24, 2.45) is 0 Å². The van der Waals surface area contributed by atoms with Gasteiger partial charge in [-0.2, -0.15) is 18.3 Å². The summed E-state index contributed by atoms with van der Waals surface area (Å²) in [5, 5.41) is 7.50. The maximum atomic E-state index is 13.8. The fourth-order valence-electron chi connectivity index (χ4n) is 3.33. The number of carbonyl (C=O) groups is 1. The first-order valence-corrected chi connectivity index (χ1v) is 9.02. The molecule has 0 N–H and O–H groups in total. The van der Waals surface area contributed by atoms with Gasteiger partial charge in [-0.25, -0.2) is 9.07 Å². The first kappa shape index (κ1) is 19.9. The number of hydrogen-bond acceptors (Lipinski definition) is 5. The van der Waals surface area contributed by atoms with E-state index < -0.39 is 23.9 Å². The van der Waals surface area contributed by atoms with E-state index in [0.29, 0.717) is 0 Å². The number of hydrogen-bond donors (Lipinski definition) is 0. The summed E-state index contributed by atoms with van der Waals surface area (Å²) in [6, 6.07) is 5.29. The van der Waals surface area contributed by atoms with Crippen molar-refractivity contribution in [3.8, 4) is 5.75 Å². The standard InChI is InChI=1S/C19H16F4N4O3/c1-11-12(10-29-14-5-3-2-4-13(14)20)17(25-30-11)18(28)26-9-7-15(19(21,22)23)27-16(26)6-8-24-27/h2-6,8,15H,7,9-10H2,1H3. The van der Waals surface area contributed by atoms with Crippen molar-refractivity contribution in [2.45, 2.75) is 32.2 Å². The third-order valence-electron chi connectivity index (χ3n) is 4.87. The number of para-hydroxylation sites is 1. The van der Waals surface area contributed by atoms with Crippen LogP contribution < -0.4 is 9.64 Å². The van der Waals surface area contributed by atoms with Crippen molar-refractivity contribution >= 4 is 11.7 Å². The number of halogens is 4. The molecular formula is C19H16F4N4O3. The highest BCUT2D eigenvalue weighted by molar-refractivity contribution is 6.05. The average molecular weight is 424 g/mol. The maximum Gasteiger partial charge on any atom is 0.410 e. The first-order valence-electron chi connectivity index (χ1n) is 9.02. The summed E-state index contributed by atoms with van der Waals surface area (Å²) in [4.78, 5) is 14.2. The molecule has 0 fully saturated rings. The topological polar surface area (TPSA) is 73.4 Å². The molecule has 4 rings (SSSR count). The maximum absolute atomic E-state index is 13.8. The van der Waals surface area contributed by atoms with Gasteiger partial charge < -0.3 is 9.26 Å². The van der Waals surface area contributed by atoms with E-state index in [1.165, 1.54) is 35.4 Å². The molecule has 0 saturated carbocycles. The number of nitrogens with zero attached hydrogens (tertiary/aromatic N) is 4. The highest BCUT2D eigenvalue weighted by Gasteiger charge is 2.46. The van der Waals surface area contributed by atoms with Crippen LogP contribution in [0.2, 0.25) is 0 Å². The van der Waals surface area contributed by atoms with Crippen LogP contribution in [-0.2, 0) is 6.61 Å². The minimum atomic E-state index is -4.49. The van der Waals surface area contributed by atoms with Gasteiger partial charge >= 0.3 is 6.18 Å². The highest BCUT2D eigenvalue weighted by Crippen LogP contribution is 2.39. The number of aromatic nitrogens is 3. The number of aryl methyl sites for hydroxylation is 1. The van der Waals surface area contributed by atoms with Crippen LogP contribution in [0.5, 0.6) is 5.75 Å². The van der Waals surface area contributed by atoms with Gasteiger partial charge in [0.2, 0.25) is 0 Å². The van der Waals surface area contributed by atoms with Gasteiger partial charge in [0.05, 0.1) is 11.8 Å². The third kappa shape index (κ3) is 3.51. The van der Waals surface area contributed by atoms with Gasteiger partial charge in [0.25, 0.3) is 5.91 Å². The van der Waals surface area contributed by atoms with E-state index in [9.17, 15) is 22.4 Å². The van der Waals surface area contributed by atoms with Crippen LogP contribution in [0.4, 0.5) is 23.4 Å². The van der Waals surface area contributed by atoms with Crippen LogP contribution in [0.25, 0.3) is 0 Å². The molecular weight excluding hydrogens is 408 g/mol. The Morgan fingerprint density at radius 1 is 1.30 bits per heavy atom. The molecule has 1 unspecified atom stereocenters. The Kier molecular flexibility index (Phi) is 4.96. The van der Waals surface area contributed by atoms with Crippen LogP contribution in [0.3, 0.4) is 0 Å². The van der Waals surface area contributed by atoms with Gasteiger partial charge in [-0.3, -0.25) is 9.69 Å². The smallest absolute Gasteiger partial charge is 0.410 e. The number of anilines is 1. The molecule has 1 aliphatic rings. The zero-order valence-electron chi connectivity index (χ0n) is 15.7. The van der Waals surface area contributed by atoms with Crippen LogP contribution in [0, 0.1) is 12.7 Å². The predicted molar refractivity (Wildman–Crippen MR) is 95.6 cm³/mol. The van der Waals surface area contributed by atoms with E-state index in [1.54, 1.807) is 13.0 Å². The number of carbonyl (C=O) groups excluding carboxylic acids is 1. The average Bonchev–Trinajstić information content (AvgIpc) is 3.32. The van der Waals surface area contributed by atoms with Gasteiger partial charge in [-0.1, -0.05) is 17.3 Å². The Morgan fingerprint density at radius 3 is 2.80 bits per heavy atom. The van der Waals surface area contributed by atoms with Crippen molar-refractivity contribution in [2.75, 3.05) is 11.4 Å². The normalized spacial score (nSPS) is 16.4. The summed E-state index contributed by atoms with van der Waals surface area (Å²) < 4.78 is 64.9. The van der Waals surface area contributed by atoms with E-state index in [2.05, 4.69) is 10.3 Å². The van der Waals surface area contributed by atoms with Crippen LogP contribution in [-0.4, -0.2) is 33.6 Å². The van der Waals surface area contributed by atoms with Crippen molar-refractivity contribution < 1.29 is 31.6 Å². The van der Waals surface area contributed by atoms with Gasteiger partial charge in [-0.05, 0) is 25.5 Å². The van der Waals surface area contributed by atoms with E-state index >= 15 is 0 Å². The minimum absolute atomic E-state index is 0.00944. The molecule has 2 aromatic heterocycles. The lowest BCUT2D eigenvalue weighted by atomic mass is 10.1.